The van der Waals surface area contributed by atoms with Crippen molar-refractivity contribution in [2.45, 2.75) is 45.4 Å². The van der Waals surface area contributed by atoms with Gasteiger partial charge in [0.25, 0.3) is 0 Å². The van der Waals surface area contributed by atoms with Crippen molar-refractivity contribution in [2.24, 2.45) is 11.7 Å². The highest BCUT2D eigenvalue weighted by Gasteiger charge is 2.25. The molecule has 1 fully saturated rings. The van der Waals surface area contributed by atoms with E-state index >= 15 is 0 Å². The van der Waals surface area contributed by atoms with Crippen molar-refractivity contribution in [1.29, 1.82) is 0 Å². The number of rotatable bonds is 5. The summed E-state index contributed by atoms with van der Waals surface area (Å²) >= 11 is 0. The van der Waals surface area contributed by atoms with E-state index in [1.54, 1.807) is 6.92 Å². The number of esters is 1. The third-order valence-corrected chi connectivity index (χ3v) is 3.03. The van der Waals surface area contributed by atoms with E-state index in [1.807, 2.05) is 13.8 Å². The van der Waals surface area contributed by atoms with E-state index in [0.717, 1.165) is 13.0 Å². The maximum absolute atomic E-state index is 11.7. The second kappa shape index (κ2) is 6.70. The number of ether oxygens (including phenoxy) is 1. The van der Waals surface area contributed by atoms with Crippen molar-refractivity contribution in [3.05, 3.63) is 0 Å². The molecule has 1 saturated heterocycles. The first kappa shape index (κ1) is 14.9. The molecule has 1 amide bonds. The van der Waals surface area contributed by atoms with Crippen molar-refractivity contribution in [2.75, 3.05) is 13.1 Å². The lowest BCUT2D eigenvalue weighted by molar-refractivity contribution is -0.151. The average molecular weight is 257 g/mol. The van der Waals surface area contributed by atoms with Crippen molar-refractivity contribution in [3.63, 3.8) is 0 Å². The van der Waals surface area contributed by atoms with Crippen LogP contribution in [0.3, 0.4) is 0 Å². The number of amides is 1. The van der Waals surface area contributed by atoms with Gasteiger partial charge in [0.2, 0.25) is 5.91 Å². The molecule has 6 nitrogen and oxygen atoms in total. The lowest BCUT2D eigenvalue weighted by Gasteiger charge is -2.20. The van der Waals surface area contributed by atoms with E-state index in [-0.39, 0.29) is 17.9 Å². The van der Waals surface area contributed by atoms with Crippen LogP contribution in [-0.4, -0.2) is 43.2 Å². The van der Waals surface area contributed by atoms with Gasteiger partial charge >= 0.3 is 5.97 Å². The molecule has 0 saturated carbocycles. The molecule has 0 aromatic rings. The van der Waals surface area contributed by atoms with Gasteiger partial charge in [-0.05, 0) is 25.8 Å². The number of carbonyl (C=O) groups is 2. The van der Waals surface area contributed by atoms with E-state index in [4.69, 9.17) is 10.5 Å². The molecule has 1 heterocycles. The first-order valence-electron chi connectivity index (χ1n) is 6.39. The van der Waals surface area contributed by atoms with Gasteiger partial charge in [0, 0.05) is 6.54 Å². The van der Waals surface area contributed by atoms with Crippen molar-refractivity contribution >= 4 is 11.9 Å². The van der Waals surface area contributed by atoms with Crippen LogP contribution in [0.5, 0.6) is 0 Å². The number of hydrogen-bond donors (Lipinski definition) is 3. The third-order valence-electron chi connectivity index (χ3n) is 3.03. The molecule has 3 atom stereocenters. The van der Waals surface area contributed by atoms with Gasteiger partial charge in [-0.15, -0.1) is 0 Å². The monoisotopic (exact) mass is 257 g/mol. The van der Waals surface area contributed by atoms with Crippen LogP contribution in [0.25, 0.3) is 0 Å². The molecule has 0 aromatic carbocycles. The van der Waals surface area contributed by atoms with Crippen LogP contribution in [0.15, 0.2) is 0 Å². The van der Waals surface area contributed by atoms with Crippen molar-refractivity contribution < 1.29 is 14.3 Å². The Morgan fingerprint density at radius 3 is 2.56 bits per heavy atom. The van der Waals surface area contributed by atoms with Crippen LogP contribution in [0, 0.1) is 5.92 Å². The summed E-state index contributed by atoms with van der Waals surface area (Å²) in [5.74, 6) is -0.695. The minimum atomic E-state index is -0.664. The van der Waals surface area contributed by atoms with Crippen molar-refractivity contribution in [1.82, 2.24) is 10.6 Å². The fraction of sp³-hybridized carbons (Fsp3) is 0.833. The number of nitrogens with two attached hydrogens (primary N) is 1. The summed E-state index contributed by atoms with van der Waals surface area (Å²) in [6, 6.07) is -1.27. The Balaban J connectivity index is 2.36. The van der Waals surface area contributed by atoms with Crippen molar-refractivity contribution in [3.8, 4) is 0 Å². The second-order valence-electron chi connectivity index (χ2n) is 5.05. The summed E-state index contributed by atoms with van der Waals surface area (Å²) in [4.78, 5) is 23.4. The van der Waals surface area contributed by atoms with E-state index < -0.39 is 18.1 Å². The Labute approximate surface area is 108 Å². The molecular formula is C12H23N3O3. The molecule has 6 heteroatoms. The first-order chi connectivity index (χ1) is 8.41. The largest absolute Gasteiger partial charge is 0.459 e. The lowest BCUT2D eigenvalue weighted by atomic mass is 10.0. The highest BCUT2D eigenvalue weighted by atomic mass is 16.5. The van der Waals surface area contributed by atoms with Crippen LogP contribution in [-0.2, 0) is 14.3 Å². The van der Waals surface area contributed by atoms with E-state index in [0.29, 0.717) is 6.54 Å². The highest BCUT2D eigenvalue weighted by Crippen LogP contribution is 2.05. The summed E-state index contributed by atoms with van der Waals surface area (Å²) < 4.78 is 5.26. The summed E-state index contributed by atoms with van der Waals surface area (Å²) in [7, 11) is 0. The standard InChI is InChI=1S/C12H23N3O3/c1-7(2)10(13)11(16)15-8(3)12(17)18-9-4-5-14-6-9/h7-10,14H,4-6,13H2,1-3H3,(H,15,16). The fourth-order valence-corrected chi connectivity index (χ4v) is 1.67. The maximum atomic E-state index is 11.7. The van der Waals surface area contributed by atoms with E-state index in [1.165, 1.54) is 0 Å². The van der Waals surface area contributed by atoms with Gasteiger partial charge in [-0.1, -0.05) is 13.8 Å². The van der Waals surface area contributed by atoms with Gasteiger partial charge in [-0.2, -0.15) is 0 Å². The van der Waals surface area contributed by atoms with Gasteiger partial charge in [-0.25, -0.2) is 4.79 Å². The Morgan fingerprint density at radius 1 is 1.39 bits per heavy atom. The predicted octanol–water partition coefficient (Wildman–Crippen LogP) is -0.620. The Morgan fingerprint density at radius 2 is 2.06 bits per heavy atom. The molecular weight excluding hydrogens is 234 g/mol. The number of hydrogen-bond acceptors (Lipinski definition) is 5. The fourth-order valence-electron chi connectivity index (χ4n) is 1.67. The molecule has 0 bridgehead atoms. The Bertz CT molecular complexity index is 301. The average Bonchev–Trinajstić information content (AvgIpc) is 2.80. The quantitative estimate of drug-likeness (QED) is 0.571. The van der Waals surface area contributed by atoms with Gasteiger partial charge < -0.3 is 21.1 Å². The summed E-state index contributed by atoms with van der Waals surface area (Å²) in [6.07, 6.45) is 0.730. The SMILES string of the molecule is CC(NC(=O)C(N)C(C)C)C(=O)OC1CCNC1. The topological polar surface area (TPSA) is 93.5 Å². The Hall–Kier alpha value is -1.14. The van der Waals surface area contributed by atoms with Gasteiger partial charge in [-0.3, -0.25) is 4.79 Å². The molecule has 0 spiro atoms. The number of carbonyl (C=O) groups excluding carboxylic acids is 2. The minimum absolute atomic E-state index is 0.0345. The second-order valence-corrected chi connectivity index (χ2v) is 5.05. The summed E-state index contributed by atoms with van der Waals surface area (Å²) in [5.41, 5.74) is 5.70. The van der Waals surface area contributed by atoms with Crippen LogP contribution in [0.1, 0.15) is 27.2 Å². The maximum Gasteiger partial charge on any atom is 0.328 e. The molecule has 1 aliphatic heterocycles. The number of nitrogens with one attached hydrogen (secondary N) is 2. The molecule has 18 heavy (non-hydrogen) atoms. The van der Waals surface area contributed by atoms with Crippen LogP contribution >= 0.6 is 0 Å². The smallest absolute Gasteiger partial charge is 0.328 e. The molecule has 0 aliphatic carbocycles. The van der Waals surface area contributed by atoms with Gasteiger partial charge in [0.15, 0.2) is 0 Å². The zero-order valence-electron chi connectivity index (χ0n) is 11.2. The first-order valence-corrected chi connectivity index (χ1v) is 6.39. The molecule has 104 valence electrons. The molecule has 0 aromatic heterocycles. The molecule has 4 N–H and O–H groups in total. The zero-order valence-corrected chi connectivity index (χ0v) is 11.2. The summed E-state index contributed by atoms with van der Waals surface area (Å²) in [6.45, 7) is 6.86. The molecule has 1 aliphatic rings. The molecule has 3 unspecified atom stereocenters. The van der Waals surface area contributed by atoms with E-state index in [2.05, 4.69) is 10.6 Å². The minimum Gasteiger partial charge on any atom is -0.459 e. The molecule has 0 radical (unpaired) electrons. The highest BCUT2D eigenvalue weighted by molar-refractivity contribution is 5.87. The van der Waals surface area contributed by atoms with Crippen LogP contribution < -0.4 is 16.4 Å². The third kappa shape index (κ3) is 4.27. The van der Waals surface area contributed by atoms with Crippen LogP contribution in [0.4, 0.5) is 0 Å². The zero-order chi connectivity index (χ0) is 13.7. The molecule has 1 rings (SSSR count). The predicted molar refractivity (Wildman–Crippen MR) is 67.8 cm³/mol. The Kier molecular flexibility index (Phi) is 5.55. The normalized spacial score (nSPS) is 22.6. The summed E-state index contributed by atoms with van der Waals surface area (Å²) in [5, 5.41) is 5.68. The van der Waals surface area contributed by atoms with Crippen LogP contribution in [0.2, 0.25) is 0 Å². The lowest BCUT2D eigenvalue weighted by Crippen LogP contribution is -2.50. The van der Waals surface area contributed by atoms with Gasteiger partial charge in [0.1, 0.15) is 12.1 Å². The van der Waals surface area contributed by atoms with Gasteiger partial charge in [0.05, 0.1) is 6.04 Å². The van der Waals surface area contributed by atoms with E-state index in [9.17, 15) is 9.59 Å².